The molecular formula is C15H23IO. The van der Waals surface area contributed by atoms with Crippen LogP contribution in [0.4, 0.5) is 0 Å². The van der Waals surface area contributed by atoms with Crippen LogP contribution in [-0.4, -0.2) is 5.78 Å². The van der Waals surface area contributed by atoms with E-state index < -0.39 is 0 Å². The first-order valence-corrected chi connectivity index (χ1v) is 8.33. The third-order valence-corrected chi connectivity index (χ3v) is 5.05. The third kappa shape index (κ3) is 4.08. The number of ketones is 1. The van der Waals surface area contributed by atoms with Gasteiger partial charge in [0.2, 0.25) is 0 Å². The van der Waals surface area contributed by atoms with E-state index in [-0.39, 0.29) is 0 Å². The SMILES string of the molecule is O=C(C=CI)CCCCC1CCC2CCC1C2. The van der Waals surface area contributed by atoms with Crippen LogP contribution in [0, 0.1) is 17.8 Å². The molecule has 3 atom stereocenters. The van der Waals surface area contributed by atoms with E-state index in [0.717, 1.165) is 30.6 Å². The van der Waals surface area contributed by atoms with Crippen LogP contribution in [0.2, 0.25) is 0 Å². The Morgan fingerprint density at radius 1 is 1.18 bits per heavy atom. The standard InChI is InChI=1S/C15H23IO/c16-10-9-15(17)4-2-1-3-13-7-5-12-6-8-14(13)11-12/h9-10,12-14H,1-8,11H2. The fourth-order valence-electron chi connectivity index (χ4n) is 3.73. The molecule has 2 aliphatic carbocycles. The number of halogens is 1. The number of allylic oxidation sites excluding steroid dienone is 1. The quantitative estimate of drug-likeness (QED) is 0.380. The second-order valence-electron chi connectivity index (χ2n) is 5.78. The number of hydrogen-bond donors (Lipinski definition) is 0. The van der Waals surface area contributed by atoms with Crippen LogP contribution in [0.5, 0.6) is 0 Å². The van der Waals surface area contributed by atoms with Crippen LogP contribution in [0.3, 0.4) is 0 Å². The topological polar surface area (TPSA) is 17.1 Å². The summed E-state index contributed by atoms with van der Waals surface area (Å²) in [5.41, 5.74) is 0. The van der Waals surface area contributed by atoms with E-state index in [2.05, 4.69) is 22.6 Å². The molecule has 17 heavy (non-hydrogen) atoms. The van der Waals surface area contributed by atoms with Gasteiger partial charge in [0.1, 0.15) is 0 Å². The van der Waals surface area contributed by atoms with Gasteiger partial charge < -0.3 is 0 Å². The molecule has 2 saturated carbocycles. The molecule has 2 rings (SSSR count). The van der Waals surface area contributed by atoms with Crippen molar-refractivity contribution in [2.24, 2.45) is 17.8 Å². The van der Waals surface area contributed by atoms with Gasteiger partial charge >= 0.3 is 0 Å². The van der Waals surface area contributed by atoms with Crippen LogP contribution in [-0.2, 0) is 4.79 Å². The lowest BCUT2D eigenvalue weighted by Crippen LogP contribution is -2.17. The number of rotatable bonds is 6. The summed E-state index contributed by atoms with van der Waals surface area (Å²) in [7, 11) is 0. The zero-order valence-corrected chi connectivity index (χ0v) is 12.7. The van der Waals surface area contributed by atoms with Crippen molar-refractivity contribution in [3.05, 3.63) is 10.2 Å². The second kappa shape index (κ2) is 6.91. The van der Waals surface area contributed by atoms with Crippen LogP contribution < -0.4 is 0 Å². The minimum atomic E-state index is 0.295. The second-order valence-corrected chi connectivity index (χ2v) is 6.50. The average Bonchev–Trinajstić information content (AvgIpc) is 2.70. The Bertz CT molecular complexity index is 285. The van der Waals surface area contributed by atoms with Crippen LogP contribution >= 0.6 is 22.6 Å². The Labute approximate surface area is 119 Å². The Balaban J connectivity index is 1.60. The van der Waals surface area contributed by atoms with Gasteiger partial charge in [0, 0.05) is 6.42 Å². The molecule has 1 nitrogen and oxygen atoms in total. The Hall–Kier alpha value is 0.140. The van der Waals surface area contributed by atoms with Gasteiger partial charge in [-0.3, -0.25) is 4.79 Å². The van der Waals surface area contributed by atoms with Crippen molar-refractivity contribution in [2.75, 3.05) is 0 Å². The molecule has 0 N–H and O–H groups in total. The van der Waals surface area contributed by atoms with Gasteiger partial charge in [0.25, 0.3) is 0 Å². The first kappa shape index (κ1) is 13.6. The van der Waals surface area contributed by atoms with Gasteiger partial charge in [-0.05, 0) is 53.6 Å². The van der Waals surface area contributed by atoms with Gasteiger partial charge in [-0.15, -0.1) is 0 Å². The van der Waals surface area contributed by atoms with Crippen molar-refractivity contribution in [1.82, 2.24) is 0 Å². The highest BCUT2D eigenvalue weighted by Gasteiger charge is 2.34. The smallest absolute Gasteiger partial charge is 0.156 e. The summed E-state index contributed by atoms with van der Waals surface area (Å²) >= 11 is 2.11. The summed E-state index contributed by atoms with van der Waals surface area (Å²) < 4.78 is 1.82. The molecule has 0 aromatic carbocycles. The van der Waals surface area contributed by atoms with Crippen LogP contribution in [0.25, 0.3) is 0 Å². The predicted molar refractivity (Wildman–Crippen MR) is 80.2 cm³/mol. The first-order chi connectivity index (χ1) is 8.29. The molecule has 0 heterocycles. The van der Waals surface area contributed by atoms with Gasteiger partial charge in [-0.2, -0.15) is 0 Å². The molecule has 0 aromatic heterocycles. The van der Waals surface area contributed by atoms with Crippen molar-refractivity contribution in [3.8, 4) is 0 Å². The molecule has 0 saturated heterocycles. The predicted octanol–water partition coefficient (Wildman–Crippen LogP) is 4.89. The van der Waals surface area contributed by atoms with E-state index in [4.69, 9.17) is 0 Å². The highest BCUT2D eigenvalue weighted by molar-refractivity contribution is 14.1. The lowest BCUT2D eigenvalue weighted by Gasteiger charge is -2.28. The molecule has 3 unspecified atom stereocenters. The molecule has 0 amide bonds. The minimum Gasteiger partial charge on any atom is -0.295 e. The molecule has 0 radical (unpaired) electrons. The lowest BCUT2D eigenvalue weighted by atomic mass is 9.77. The van der Waals surface area contributed by atoms with E-state index in [0.29, 0.717) is 5.78 Å². The number of carbonyl (C=O) groups excluding carboxylic acids is 1. The maximum absolute atomic E-state index is 11.3. The van der Waals surface area contributed by atoms with E-state index in [1.165, 1.54) is 44.9 Å². The van der Waals surface area contributed by atoms with Crippen molar-refractivity contribution in [3.63, 3.8) is 0 Å². The molecule has 0 aliphatic heterocycles. The lowest BCUT2D eigenvalue weighted by molar-refractivity contribution is -0.114. The van der Waals surface area contributed by atoms with E-state index in [9.17, 15) is 4.79 Å². The molecule has 0 spiro atoms. The van der Waals surface area contributed by atoms with E-state index >= 15 is 0 Å². The maximum atomic E-state index is 11.3. The average molecular weight is 346 g/mol. The normalized spacial score (nSPS) is 32.2. The van der Waals surface area contributed by atoms with Crippen molar-refractivity contribution in [2.45, 2.75) is 57.8 Å². The van der Waals surface area contributed by atoms with Crippen molar-refractivity contribution in [1.29, 1.82) is 0 Å². The first-order valence-electron chi connectivity index (χ1n) is 7.09. The summed E-state index contributed by atoms with van der Waals surface area (Å²) in [5.74, 6) is 3.40. The zero-order chi connectivity index (χ0) is 12.1. The van der Waals surface area contributed by atoms with Gasteiger partial charge in [0.15, 0.2) is 5.78 Å². The van der Waals surface area contributed by atoms with Crippen molar-refractivity contribution >= 4 is 28.4 Å². The zero-order valence-electron chi connectivity index (χ0n) is 10.5. The summed E-state index contributed by atoms with van der Waals surface area (Å²) in [6.45, 7) is 0. The number of unbranched alkanes of at least 4 members (excludes halogenated alkanes) is 1. The molecule has 0 aromatic rings. The number of hydrogen-bond acceptors (Lipinski definition) is 1. The fourth-order valence-corrected chi connectivity index (χ4v) is 4.13. The molecule has 2 fully saturated rings. The Morgan fingerprint density at radius 3 is 2.82 bits per heavy atom. The van der Waals surface area contributed by atoms with Crippen LogP contribution in [0.1, 0.15) is 57.8 Å². The largest absolute Gasteiger partial charge is 0.295 e. The molecule has 96 valence electrons. The maximum Gasteiger partial charge on any atom is 0.156 e. The monoisotopic (exact) mass is 346 g/mol. The summed E-state index contributed by atoms with van der Waals surface area (Å²) in [6.07, 6.45) is 13.6. The number of fused-ring (bicyclic) bond motifs is 2. The molecule has 2 bridgehead atoms. The summed E-state index contributed by atoms with van der Waals surface area (Å²) in [5, 5.41) is 0. The van der Waals surface area contributed by atoms with Gasteiger partial charge in [-0.25, -0.2) is 0 Å². The highest BCUT2D eigenvalue weighted by Crippen LogP contribution is 2.46. The summed E-state index contributed by atoms with van der Waals surface area (Å²) in [6, 6.07) is 0. The molecule has 2 aliphatic rings. The van der Waals surface area contributed by atoms with Crippen LogP contribution in [0.15, 0.2) is 10.2 Å². The van der Waals surface area contributed by atoms with Gasteiger partial charge in [-0.1, -0.05) is 48.3 Å². The highest BCUT2D eigenvalue weighted by atomic mass is 127. The van der Waals surface area contributed by atoms with Gasteiger partial charge in [0.05, 0.1) is 0 Å². The summed E-state index contributed by atoms with van der Waals surface area (Å²) in [4.78, 5) is 11.3. The molecular weight excluding hydrogens is 323 g/mol. The minimum absolute atomic E-state index is 0.295. The fraction of sp³-hybridized carbons (Fsp3) is 0.800. The van der Waals surface area contributed by atoms with E-state index in [1.807, 2.05) is 4.08 Å². The van der Waals surface area contributed by atoms with Crippen molar-refractivity contribution < 1.29 is 4.79 Å². The Morgan fingerprint density at radius 2 is 2.00 bits per heavy atom. The number of carbonyl (C=O) groups is 1. The molecule has 2 heteroatoms. The third-order valence-electron chi connectivity index (χ3n) is 4.69. The Kier molecular flexibility index (Phi) is 5.51. The van der Waals surface area contributed by atoms with E-state index in [1.54, 1.807) is 6.08 Å².